The topological polar surface area (TPSA) is 49.3 Å². The van der Waals surface area contributed by atoms with Crippen LogP contribution >= 0.6 is 0 Å². The Morgan fingerprint density at radius 3 is 2.62 bits per heavy atom. The van der Waals surface area contributed by atoms with Gasteiger partial charge in [0, 0.05) is 12.5 Å². The molecule has 21 heavy (non-hydrogen) atoms. The summed E-state index contributed by atoms with van der Waals surface area (Å²) < 4.78 is 0. The fourth-order valence-electron chi connectivity index (χ4n) is 2.71. The van der Waals surface area contributed by atoms with Crippen molar-refractivity contribution in [1.29, 1.82) is 0 Å². The molecule has 0 bridgehead atoms. The average Bonchev–Trinajstić information content (AvgIpc) is 3.34. The van der Waals surface area contributed by atoms with E-state index in [0.29, 0.717) is 12.5 Å². The third kappa shape index (κ3) is 3.31. The molecule has 1 aliphatic rings. The zero-order chi connectivity index (χ0) is 14.7. The first-order valence-electron chi connectivity index (χ1n) is 7.29. The highest BCUT2D eigenvalue weighted by molar-refractivity contribution is 5.82. The smallest absolute Gasteiger partial charge is 0.224 e. The molecule has 0 aliphatic heterocycles. The quantitative estimate of drug-likeness (QED) is 0.885. The van der Waals surface area contributed by atoms with Gasteiger partial charge in [-0.25, -0.2) is 0 Å². The lowest BCUT2D eigenvalue weighted by atomic mass is 10.1. The summed E-state index contributed by atoms with van der Waals surface area (Å²) in [7, 11) is 0. The average molecular weight is 281 g/mol. The van der Waals surface area contributed by atoms with Crippen LogP contribution in [0.3, 0.4) is 0 Å². The minimum Gasteiger partial charge on any atom is -0.392 e. The summed E-state index contributed by atoms with van der Waals surface area (Å²) >= 11 is 0. The van der Waals surface area contributed by atoms with E-state index in [1.165, 1.54) is 5.56 Å². The van der Waals surface area contributed by atoms with E-state index in [2.05, 4.69) is 17.4 Å². The van der Waals surface area contributed by atoms with Gasteiger partial charge in [-0.3, -0.25) is 4.79 Å². The maximum atomic E-state index is 12.2. The van der Waals surface area contributed by atoms with Gasteiger partial charge in [-0.05, 0) is 29.0 Å². The van der Waals surface area contributed by atoms with Gasteiger partial charge in [-0.15, -0.1) is 0 Å². The number of nitrogens with one attached hydrogen (secondary N) is 1. The van der Waals surface area contributed by atoms with Gasteiger partial charge >= 0.3 is 0 Å². The molecule has 1 saturated carbocycles. The monoisotopic (exact) mass is 281 g/mol. The second-order valence-corrected chi connectivity index (χ2v) is 5.56. The normalized spacial score (nSPS) is 20.0. The largest absolute Gasteiger partial charge is 0.392 e. The number of benzene rings is 2. The van der Waals surface area contributed by atoms with Crippen LogP contribution in [0.1, 0.15) is 29.0 Å². The Kier molecular flexibility index (Phi) is 4.02. The van der Waals surface area contributed by atoms with Gasteiger partial charge in [0.05, 0.1) is 6.61 Å². The van der Waals surface area contributed by atoms with Crippen molar-refractivity contribution in [3.8, 4) is 0 Å². The molecule has 0 radical (unpaired) electrons. The van der Waals surface area contributed by atoms with Gasteiger partial charge in [-0.2, -0.15) is 0 Å². The maximum Gasteiger partial charge on any atom is 0.224 e. The summed E-state index contributed by atoms with van der Waals surface area (Å²) in [6, 6.07) is 17.9. The molecule has 1 aliphatic carbocycles. The lowest BCUT2D eigenvalue weighted by Crippen LogP contribution is -2.24. The Balaban J connectivity index is 1.54. The zero-order valence-corrected chi connectivity index (χ0v) is 11.8. The number of carbonyl (C=O) groups excluding carboxylic acids is 1. The molecule has 2 atom stereocenters. The van der Waals surface area contributed by atoms with E-state index in [0.717, 1.165) is 17.5 Å². The molecule has 1 amide bonds. The van der Waals surface area contributed by atoms with Crippen LogP contribution in [0.5, 0.6) is 0 Å². The Hall–Kier alpha value is -2.13. The van der Waals surface area contributed by atoms with Crippen molar-refractivity contribution < 1.29 is 9.90 Å². The first kappa shape index (κ1) is 13.8. The highest BCUT2D eigenvalue weighted by Gasteiger charge is 2.43. The van der Waals surface area contributed by atoms with Gasteiger partial charge in [0.15, 0.2) is 0 Å². The summed E-state index contributed by atoms with van der Waals surface area (Å²) in [5, 5.41) is 12.1. The van der Waals surface area contributed by atoms with Crippen LogP contribution in [0.4, 0.5) is 0 Å². The van der Waals surface area contributed by atoms with Crippen molar-refractivity contribution in [3.63, 3.8) is 0 Å². The van der Waals surface area contributed by atoms with Crippen molar-refractivity contribution in [2.24, 2.45) is 5.92 Å². The third-order valence-corrected chi connectivity index (χ3v) is 4.00. The number of amides is 1. The SMILES string of the molecule is O=C(NCc1cccc(CO)c1)C1CC1c1ccccc1. The molecule has 2 N–H and O–H groups in total. The minimum atomic E-state index is 0.0283. The van der Waals surface area contributed by atoms with Crippen molar-refractivity contribution in [3.05, 3.63) is 71.3 Å². The molecule has 0 heterocycles. The van der Waals surface area contributed by atoms with E-state index < -0.39 is 0 Å². The number of aliphatic hydroxyl groups excluding tert-OH is 1. The molecule has 0 aromatic heterocycles. The molecule has 0 spiro atoms. The minimum absolute atomic E-state index is 0.0283. The molecule has 3 rings (SSSR count). The van der Waals surface area contributed by atoms with Crippen LogP contribution in [0, 0.1) is 5.92 Å². The Morgan fingerprint density at radius 1 is 1.10 bits per heavy atom. The van der Waals surface area contributed by atoms with Gasteiger partial charge in [0.25, 0.3) is 0 Å². The molecule has 1 fully saturated rings. The van der Waals surface area contributed by atoms with Crippen LogP contribution in [0.25, 0.3) is 0 Å². The fraction of sp³-hybridized carbons (Fsp3) is 0.278. The lowest BCUT2D eigenvalue weighted by Gasteiger charge is -2.06. The van der Waals surface area contributed by atoms with E-state index in [4.69, 9.17) is 5.11 Å². The molecule has 0 saturated heterocycles. The fourth-order valence-corrected chi connectivity index (χ4v) is 2.71. The third-order valence-electron chi connectivity index (χ3n) is 4.00. The van der Waals surface area contributed by atoms with Crippen LogP contribution in [0.15, 0.2) is 54.6 Å². The predicted molar refractivity (Wildman–Crippen MR) is 81.5 cm³/mol. The van der Waals surface area contributed by atoms with E-state index in [1.54, 1.807) is 0 Å². The summed E-state index contributed by atoms with van der Waals surface area (Å²) in [5.74, 6) is 0.599. The highest BCUT2D eigenvalue weighted by Crippen LogP contribution is 2.47. The Morgan fingerprint density at radius 2 is 1.86 bits per heavy atom. The summed E-state index contributed by atoms with van der Waals surface area (Å²) in [5.41, 5.74) is 3.14. The number of carbonyl (C=O) groups is 1. The number of rotatable bonds is 5. The van der Waals surface area contributed by atoms with E-state index in [1.807, 2.05) is 42.5 Å². The molecular weight excluding hydrogens is 262 g/mol. The second kappa shape index (κ2) is 6.10. The first-order chi connectivity index (χ1) is 10.3. The summed E-state index contributed by atoms with van der Waals surface area (Å²) in [4.78, 5) is 12.2. The summed E-state index contributed by atoms with van der Waals surface area (Å²) in [6.45, 7) is 0.547. The molecule has 2 unspecified atom stereocenters. The van der Waals surface area contributed by atoms with Crippen LogP contribution in [0.2, 0.25) is 0 Å². The maximum absolute atomic E-state index is 12.2. The van der Waals surface area contributed by atoms with Gasteiger partial charge in [-0.1, -0.05) is 54.6 Å². The van der Waals surface area contributed by atoms with Crippen molar-refractivity contribution >= 4 is 5.91 Å². The molecule has 108 valence electrons. The zero-order valence-electron chi connectivity index (χ0n) is 11.8. The predicted octanol–water partition coefficient (Wildman–Crippen LogP) is 2.60. The van der Waals surface area contributed by atoms with Crippen molar-refractivity contribution in [1.82, 2.24) is 5.32 Å². The van der Waals surface area contributed by atoms with Crippen molar-refractivity contribution in [2.75, 3.05) is 0 Å². The van der Waals surface area contributed by atoms with Gasteiger partial charge in [0.1, 0.15) is 0 Å². The van der Waals surface area contributed by atoms with Crippen LogP contribution in [-0.2, 0) is 17.9 Å². The molecule has 2 aromatic carbocycles. The van der Waals surface area contributed by atoms with Crippen LogP contribution in [-0.4, -0.2) is 11.0 Å². The molecule has 3 heteroatoms. The highest BCUT2D eigenvalue weighted by atomic mass is 16.3. The van der Waals surface area contributed by atoms with E-state index in [-0.39, 0.29) is 18.4 Å². The number of hydrogen-bond donors (Lipinski definition) is 2. The number of hydrogen-bond acceptors (Lipinski definition) is 2. The molecule has 2 aromatic rings. The van der Waals surface area contributed by atoms with E-state index >= 15 is 0 Å². The van der Waals surface area contributed by atoms with Gasteiger partial charge in [0.2, 0.25) is 5.91 Å². The number of aliphatic hydroxyl groups is 1. The first-order valence-corrected chi connectivity index (χ1v) is 7.29. The Bertz CT molecular complexity index is 624. The molecule has 3 nitrogen and oxygen atoms in total. The van der Waals surface area contributed by atoms with E-state index in [9.17, 15) is 4.79 Å². The van der Waals surface area contributed by atoms with Crippen molar-refractivity contribution in [2.45, 2.75) is 25.5 Å². The molecular formula is C18H19NO2. The van der Waals surface area contributed by atoms with Crippen LogP contribution < -0.4 is 5.32 Å². The second-order valence-electron chi connectivity index (χ2n) is 5.56. The Labute approximate surface area is 124 Å². The summed E-state index contributed by atoms with van der Waals surface area (Å²) in [6.07, 6.45) is 0.937. The van der Waals surface area contributed by atoms with Gasteiger partial charge < -0.3 is 10.4 Å². The lowest BCUT2D eigenvalue weighted by molar-refractivity contribution is -0.122. The standard InChI is InChI=1S/C18H19NO2/c20-12-14-6-4-5-13(9-14)11-19-18(21)17-10-16(17)15-7-2-1-3-8-15/h1-9,16-17,20H,10-12H2,(H,19,21).